The van der Waals surface area contributed by atoms with E-state index in [1.165, 1.54) is 28.6 Å². The Morgan fingerprint density at radius 3 is 2.41 bits per heavy atom. The van der Waals surface area contributed by atoms with Crippen LogP contribution in [-0.4, -0.2) is 83.1 Å². The lowest BCUT2D eigenvalue weighted by atomic mass is 9.97. The Labute approximate surface area is 213 Å². The second-order valence-corrected chi connectivity index (χ2v) is 11.0. The van der Waals surface area contributed by atoms with E-state index in [4.69, 9.17) is 9.47 Å². The number of halogens is 2. The lowest BCUT2D eigenvalue weighted by Crippen LogP contribution is -2.40. The molecule has 1 amide bonds. The van der Waals surface area contributed by atoms with Gasteiger partial charge in [-0.2, -0.15) is 13.1 Å². The molecule has 3 aliphatic heterocycles. The maximum atomic E-state index is 13.4. The molecule has 12 heteroatoms. The Morgan fingerprint density at radius 1 is 1.03 bits per heavy atom. The molecule has 0 aliphatic carbocycles. The highest BCUT2D eigenvalue weighted by molar-refractivity contribution is 7.89. The van der Waals surface area contributed by atoms with Gasteiger partial charge < -0.3 is 24.4 Å². The minimum Gasteiger partial charge on any atom is -0.486 e. The number of amides is 1. The highest BCUT2D eigenvalue weighted by atomic mass is 32.2. The molecule has 198 valence electrons. The summed E-state index contributed by atoms with van der Waals surface area (Å²) in [6.45, 7) is -0.846. The van der Waals surface area contributed by atoms with Crippen molar-refractivity contribution in [1.82, 2.24) is 14.5 Å². The van der Waals surface area contributed by atoms with Crippen molar-refractivity contribution in [2.75, 3.05) is 53.0 Å². The largest absolute Gasteiger partial charge is 0.486 e. The molecule has 1 N–H and O–H groups in total. The average molecular weight is 536 g/mol. The van der Waals surface area contributed by atoms with Gasteiger partial charge in [-0.3, -0.25) is 4.79 Å². The summed E-state index contributed by atoms with van der Waals surface area (Å²) in [6, 6.07) is 10.7. The first-order valence-electron chi connectivity index (χ1n) is 11.8. The summed E-state index contributed by atoms with van der Waals surface area (Å²) in [6.07, 6.45) is 0. The molecule has 0 radical (unpaired) electrons. The van der Waals surface area contributed by atoms with E-state index in [1.54, 1.807) is 30.1 Å². The standard InChI is InChI=1S/C25H27F2N3O6S/c1-28-11-21(16-3-2-4-19(9-16)36-25(26)27)24(31)29-12-17-14-30(15-18(17)13-29)37(32,33)20-5-6-22-23(10-20)35-8-7-34-22/h2-6,9-10,21,25,28H,7-8,11-15H2,1H3. The number of hydrogen-bond acceptors (Lipinski definition) is 7. The van der Waals surface area contributed by atoms with Gasteiger partial charge in [0.05, 0.1) is 10.8 Å². The number of ether oxygens (including phenoxy) is 3. The molecule has 0 saturated heterocycles. The molecule has 3 heterocycles. The summed E-state index contributed by atoms with van der Waals surface area (Å²) in [5, 5.41) is 2.99. The second-order valence-electron chi connectivity index (χ2n) is 9.04. The number of nitrogens with one attached hydrogen (secondary N) is 1. The SMILES string of the molecule is CNCC(C(=O)N1CC2=C(C1)CN(S(=O)(=O)c1ccc3c(c1)OCCO3)C2)c1cccc(OC(F)F)c1. The number of rotatable bonds is 8. The van der Waals surface area contributed by atoms with Crippen molar-refractivity contribution in [2.45, 2.75) is 17.4 Å². The Morgan fingerprint density at radius 2 is 1.73 bits per heavy atom. The number of nitrogens with zero attached hydrogens (tertiary/aromatic N) is 2. The fourth-order valence-electron chi connectivity index (χ4n) is 4.88. The highest BCUT2D eigenvalue weighted by Crippen LogP contribution is 2.36. The van der Waals surface area contributed by atoms with Gasteiger partial charge in [0.1, 0.15) is 19.0 Å². The van der Waals surface area contributed by atoms with Crippen LogP contribution in [0.5, 0.6) is 17.2 Å². The van der Waals surface area contributed by atoms with Crippen LogP contribution >= 0.6 is 0 Å². The minimum absolute atomic E-state index is 0.0107. The van der Waals surface area contributed by atoms with Crippen LogP contribution in [0.4, 0.5) is 8.78 Å². The van der Waals surface area contributed by atoms with Gasteiger partial charge >= 0.3 is 6.61 Å². The lowest BCUT2D eigenvalue weighted by Gasteiger charge is -2.27. The first kappa shape index (κ1) is 25.4. The zero-order chi connectivity index (χ0) is 26.2. The molecule has 0 fully saturated rings. The molecule has 1 atom stereocenters. The molecule has 2 aromatic carbocycles. The van der Waals surface area contributed by atoms with E-state index in [0.29, 0.717) is 49.9 Å². The van der Waals surface area contributed by atoms with Gasteiger partial charge in [0.25, 0.3) is 0 Å². The number of alkyl halides is 2. The topological polar surface area (TPSA) is 97.4 Å². The molecule has 2 aromatic rings. The molecule has 1 unspecified atom stereocenters. The molecular weight excluding hydrogens is 508 g/mol. The number of benzene rings is 2. The first-order chi connectivity index (χ1) is 17.8. The van der Waals surface area contributed by atoms with Crippen LogP contribution in [-0.2, 0) is 14.8 Å². The molecule has 0 spiro atoms. The molecule has 9 nitrogen and oxygen atoms in total. The Balaban J connectivity index is 1.26. The van der Waals surface area contributed by atoms with E-state index < -0.39 is 22.6 Å². The Hall–Kier alpha value is -3.22. The fourth-order valence-corrected chi connectivity index (χ4v) is 6.33. The van der Waals surface area contributed by atoms with E-state index in [9.17, 15) is 22.0 Å². The lowest BCUT2D eigenvalue weighted by molar-refractivity contribution is -0.131. The van der Waals surface area contributed by atoms with E-state index in [1.807, 2.05) is 0 Å². The first-order valence-corrected chi connectivity index (χ1v) is 13.3. The van der Waals surface area contributed by atoms with Crippen LogP contribution in [0.3, 0.4) is 0 Å². The monoisotopic (exact) mass is 535 g/mol. The third-order valence-corrected chi connectivity index (χ3v) is 8.44. The van der Waals surface area contributed by atoms with Crippen LogP contribution in [0.25, 0.3) is 0 Å². The number of carbonyl (C=O) groups is 1. The normalized spacial score (nSPS) is 18.3. The quantitative estimate of drug-likeness (QED) is 0.518. The molecule has 0 aromatic heterocycles. The van der Waals surface area contributed by atoms with Gasteiger partial charge in [-0.25, -0.2) is 8.42 Å². The third-order valence-electron chi connectivity index (χ3n) is 6.65. The smallest absolute Gasteiger partial charge is 0.387 e. The maximum Gasteiger partial charge on any atom is 0.387 e. The second kappa shape index (κ2) is 10.3. The number of fused-ring (bicyclic) bond motifs is 1. The zero-order valence-corrected chi connectivity index (χ0v) is 21.0. The van der Waals surface area contributed by atoms with Crippen LogP contribution in [0.2, 0.25) is 0 Å². The minimum atomic E-state index is -3.77. The predicted octanol–water partition coefficient (Wildman–Crippen LogP) is 2.21. The van der Waals surface area contributed by atoms with E-state index >= 15 is 0 Å². The highest BCUT2D eigenvalue weighted by Gasteiger charge is 2.39. The zero-order valence-electron chi connectivity index (χ0n) is 20.2. The molecule has 5 rings (SSSR count). The van der Waals surface area contributed by atoms with Crippen molar-refractivity contribution in [3.8, 4) is 17.2 Å². The summed E-state index contributed by atoms with van der Waals surface area (Å²) < 4.78 is 68.8. The fraction of sp³-hybridized carbons (Fsp3) is 0.400. The van der Waals surface area contributed by atoms with Crippen LogP contribution in [0, 0.1) is 0 Å². The van der Waals surface area contributed by atoms with Crippen molar-refractivity contribution in [1.29, 1.82) is 0 Å². The van der Waals surface area contributed by atoms with E-state index in [0.717, 1.165) is 11.1 Å². The van der Waals surface area contributed by atoms with Crippen LogP contribution in [0.15, 0.2) is 58.5 Å². The van der Waals surface area contributed by atoms with Gasteiger partial charge in [0.15, 0.2) is 11.5 Å². The number of sulfonamides is 1. The van der Waals surface area contributed by atoms with Gasteiger partial charge in [-0.1, -0.05) is 12.1 Å². The predicted molar refractivity (Wildman–Crippen MR) is 130 cm³/mol. The van der Waals surface area contributed by atoms with Crippen molar-refractivity contribution in [3.63, 3.8) is 0 Å². The molecular formula is C25H27F2N3O6S. The molecule has 3 aliphatic rings. The van der Waals surface area contributed by atoms with Gasteiger partial charge in [-0.05, 0) is 48.0 Å². The summed E-state index contributed by atoms with van der Waals surface area (Å²) in [5.41, 5.74) is 2.35. The number of carbonyl (C=O) groups excluding carboxylic acids is 1. The Kier molecular flexibility index (Phi) is 7.06. The van der Waals surface area contributed by atoms with E-state index in [2.05, 4.69) is 10.1 Å². The van der Waals surface area contributed by atoms with Crippen molar-refractivity contribution in [2.24, 2.45) is 0 Å². The average Bonchev–Trinajstić information content (AvgIpc) is 3.47. The summed E-state index contributed by atoms with van der Waals surface area (Å²) in [4.78, 5) is 15.3. The molecule has 37 heavy (non-hydrogen) atoms. The maximum absolute atomic E-state index is 13.4. The van der Waals surface area contributed by atoms with Gasteiger partial charge in [0, 0.05) is 38.8 Å². The summed E-state index contributed by atoms with van der Waals surface area (Å²) in [5.74, 6) is 0.137. The summed E-state index contributed by atoms with van der Waals surface area (Å²) >= 11 is 0. The third kappa shape index (κ3) is 5.13. The van der Waals surface area contributed by atoms with Crippen LogP contribution in [0.1, 0.15) is 11.5 Å². The van der Waals surface area contributed by atoms with Crippen molar-refractivity contribution in [3.05, 3.63) is 59.2 Å². The van der Waals surface area contributed by atoms with E-state index in [-0.39, 0.29) is 29.6 Å². The molecule has 0 saturated carbocycles. The van der Waals surface area contributed by atoms with Crippen molar-refractivity contribution >= 4 is 15.9 Å². The van der Waals surface area contributed by atoms with Gasteiger partial charge in [0.2, 0.25) is 15.9 Å². The van der Waals surface area contributed by atoms with Crippen molar-refractivity contribution < 1.29 is 36.2 Å². The van der Waals surface area contributed by atoms with Crippen LogP contribution < -0.4 is 19.5 Å². The number of hydrogen-bond donors (Lipinski definition) is 1. The number of likely N-dealkylation sites (N-methyl/N-ethyl adjacent to an activating group) is 1. The molecule has 0 bridgehead atoms. The Bertz CT molecular complexity index is 1320. The van der Waals surface area contributed by atoms with Gasteiger partial charge in [-0.15, -0.1) is 0 Å². The summed E-state index contributed by atoms with van der Waals surface area (Å²) in [7, 11) is -2.06.